The van der Waals surface area contributed by atoms with Crippen LogP contribution in [0.15, 0.2) is 79.0 Å². The molecule has 5 rings (SSSR count). The predicted molar refractivity (Wildman–Crippen MR) is 130 cm³/mol. The minimum Gasteiger partial charge on any atom is -0.485 e. The number of H-pyrrole nitrogens is 1. The Bertz CT molecular complexity index is 1510. The van der Waals surface area contributed by atoms with Crippen molar-refractivity contribution in [3.8, 4) is 11.5 Å². The molecule has 9 heteroatoms. The molecule has 0 spiro atoms. The minimum atomic E-state index is -0.655. The number of allylic oxidation sites excluding steroid dienone is 2. The van der Waals surface area contributed by atoms with Crippen LogP contribution in [0, 0.1) is 0 Å². The van der Waals surface area contributed by atoms with Crippen LogP contribution in [0.4, 0.5) is 0 Å². The molecule has 0 fully saturated rings. The van der Waals surface area contributed by atoms with E-state index >= 15 is 0 Å². The van der Waals surface area contributed by atoms with Crippen LogP contribution < -0.4 is 26.1 Å². The van der Waals surface area contributed by atoms with Gasteiger partial charge in [-0.05, 0) is 53.2 Å². The fraction of sp³-hybridized carbons (Fsp3) is 0.0400. The molecular formula is C25H19ClN4O4. The van der Waals surface area contributed by atoms with Crippen LogP contribution in [0.1, 0.15) is 20.7 Å². The van der Waals surface area contributed by atoms with Gasteiger partial charge in [0.15, 0.2) is 6.61 Å². The molecule has 8 nitrogen and oxygen atoms in total. The van der Waals surface area contributed by atoms with Gasteiger partial charge in [-0.1, -0.05) is 17.7 Å². The highest BCUT2D eigenvalue weighted by atomic mass is 35.5. The summed E-state index contributed by atoms with van der Waals surface area (Å²) in [4.78, 5) is 28.0. The summed E-state index contributed by atoms with van der Waals surface area (Å²) in [6, 6.07) is 13.9. The predicted octanol–water partition coefficient (Wildman–Crippen LogP) is 4.18. The lowest BCUT2D eigenvalue weighted by Gasteiger charge is -2.14. The molecule has 170 valence electrons. The molecule has 4 aromatic rings. The van der Waals surface area contributed by atoms with Gasteiger partial charge in [0.2, 0.25) is 11.7 Å². The summed E-state index contributed by atoms with van der Waals surface area (Å²) in [5.74, 6) is 0.473. The highest BCUT2D eigenvalue weighted by Crippen LogP contribution is 2.29. The Labute approximate surface area is 198 Å². The van der Waals surface area contributed by atoms with Gasteiger partial charge in [-0.3, -0.25) is 15.0 Å². The molecule has 0 saturated carbocycles. The number of fused-ring (bicyclic) bond motifs is 2. The second-order valence-corrected chi connectivity index (χ2v) is 8.02. The molecule has 0 unspecified atom stereocenters. The molecule has 1 aliphatic heterocycles. The third kappa shape index (κ3) is 4.26. The van der Waals surface area contributed by atoms with Crippen molar-refractivity contribution in [2.45, 2.75) is 0 Å². The third-order valence-corrected chi connectivity index (χ3v) is 5.56. The number of aromatic amines is 1. The maximum Gasteiger partial charge on any atom is 0.252 e. The molecular weight excluding hydrogens is 456 g/mol. The first-order valence-corrected chi connectivity index (χ1v) is 10.7. The lowest BCUT2D eigenvalue weighted by Crippen LogP contribution is -2.30. The normalized spacial score (nSPS) is 12.7. The Morgan fingerprint density at radius 1 is 1.00 bits per heavy atom. The van der Waals surface area contributed by atoms with Crippen LogP contribution >= 0.6 is 11.6 Å². The number of hydrogen-bond acceptors (Lipinski definition) is 6. The van der Waals surface area contributed by atoms with Crippen molar-refractivity contribution >= 4 is 45.0 Å². The summed E-state index contributed by atoms with van der Waals surface area (Å²) in [7, 11) is 0. The van der Waals surface area contributed by atoms with Crippen molar-refractivity contribution in [2.75, 3.05) is 6.61 Å². The number of ketones is 1. The smallest absolute Gasteiger partial charge is 0.252 e. The van der Waals surface area contributed by atoms with E-state index in [-0.39, 0.29) is 23.7 Å². The number of carbonyl (C=O) groups excluding carboxylic acids is 2. The first-order chi connectivity index (χ1) is 16.5. The van der Waals surface area contributed by atoms with Crippen LogP contribution in [-0.4, -0.2) is 23.3 Å². The molecule has 0 radical (unpaired) electrons. The van der Waals surface area contributed by atoms with E-state index in [9.17, 15) is 9.59 Å². The second kappa shape index (κ2) is 8.84. The van der Waals surface area contributed by atoms with Crippen LogP contribution in [0.2, 0.25) is 5.02 Å². The SMILES string of the molecule is NC(=O)c1cc2cc(Cl)ccc2cc1OCC(=O)c1c[nH]c2cc(OC3=CC=CNN3)ccc12. The first-order valence-electron chi connectivity index (χ1n) is 10.3. The van der Waals surface area contributed by atoms with Gasteiger partial charge in [0, 0.05) is 46.0 Å². The molecule has 0 atom stereocenters. The molecule has 5 N–H and O–H groups in total. The number of aromatic nitrogens is 1. The monoisotopic (exact) mass is 474 g/mol. The zero-order chi connectivity index (χ0) is 23.7. The maximum atomic E-state index is 12.9. The van der Waals surface area contributed by atoms with E-state index in [1.165, 1.54) is 0 Å². The number of halogens is 1. The van der Waals surface area contributed by atoms with Gasteiger partial charge in [-0.15, -0.1) is 0 Å². The maximum absolute atomic E-state index is 12.9. The Hall–Kier alpha value is -4.43. The number of primary amides is 1. The summed E-state index contributed by atoms with van der Waals surface area (Å²) >= 11 is 6.04. The highest BCUT2D eigenvalue weighted by Gasteiger charge is 2.17. The van der Waals surface area contributed by atoms with Gasteiger partial charge in [-0.2, -0.15) is 0 Å². The Balaban J connectivity index is 1.36. The number of hydrazine groups is 1. The number of nitrogens with two attached hydrogens (primary N) is 1. The van der Waals surface area contributed by atoms with E-state index in [1.807, 2.05) is 12.1 Å². The van der Waals surface area contributed by atoms with Gasteiger partial charge >= 0.3 is 0 Å². The summed E-state index contributed by atoms with van der Waals surface area (Å²) in [6.07, 6.45) is 6.95. The van der Waals surface area contributed by atoms with Crippen LogP contribution in [0.3, 0.4) is 0 Å². The van der Waals surface area contributed by atoms with Crippen molar-refractivity contribution in [3.05, 3.63) is 95.1 Å². The molecule has 0 saturated heterocycles. The first kappa shape index (κ1) is 21.4. The fourth-order valence-corrected chi connectivity index (χ4v) is 3.89. The van der Waals surface area contributed by atoms with Crippen molar-refractivity contribution in [3.63, 3.8) is 0 Å². The lowest BCUT2D eigenvalue weighted by atomic mass is 10.1. The lowest BCUT2D eigenvalue weighted by molar-refractivity contribution is 0.0914. The van der Waals surface area contributed by atoms with Crippen molar-refractivity contribution in [2.24, 2.45) is 5.73 Å². The van der Waals surface area contributed by atoms with E-state index in [2.05, 4.69) is 15.8 Å². The number of nitrogens with one attached hydrogen (secondary N) is 3. The second-order valence-electron chi connectivity index (χ2n) is 7.59. The minimum absolute atomic E-state index is 0.179. The molecule has 0 bridgehead atoms. The van der Waals surface area contributed by atoms with Crippen molar-refractivity contribution in [1.82, 2.24) is 15.8 Å². The number of Topliss-reactive ketones (excluding diaryl/α,β-unsaturated/α-hetero) is 1. The number of benzene rings is 3. The topological polar surface area (TPSA) is 118 Å². The van der Waals surface area contributed by atoms with Crippen molar-refractivity contribution < 1.29 is 19.1 Å². The van der Waals surface area contributed by atoms with Gasteiger partial charge in [0.25, 0.3) is 5.91 Å². The fourth-order valence-electron chi connectivity index (χ4n) is 3.70. The molecule has 34 heavy (non-hydrogen) atoms. The summed E-state index contributed by atoms with van der Waals surface area (Å²) < 4.78 is 11.5. The van der Waals surface area contributed by atoms with Crippen LogP contribution in [-0.2, 0) is 0 Å². The van der Waals surface area contributed by atoms with Gasteiger partial charge in [0.05, 0.1) is 5.56 Å². The number of ether oxygens (including phenoxy) is 2. The Morgan fingerprint density at radius 2 is 1.88 bits per heavy atom. The molecule has 1 aliphatic rings. The molecule has 1 aromatic heterocycles. The van der Waals surface area contributed by atoms with Crippen LogP contribution in [0.5, 0.6) is 11.5 Å². The number of rotatable bonds is 7. The molecule has 2 heterocycles. The standard InChI is InChI=1S/C25H19ClN4O4/c26-16-4-3-14-10-23(19(25(27)32)9-15(14)8-16)33-13-22(31)20-12-28-21-11-17(5-6-18(20)21)34-24-2-1-7-29-30-24/h1-12,28-30H,13H2,(H2,27,32). The average molecular weight is 475 g/mol. The quantitative estimate of drug-likeness (QED) is 0.298. The number of amides is 1. The van der Waals surface area contributed by atoms with E-state index in [0.29, 0.717) is 22.2 Å². The van der Waals surface area contributed by atoms with Crippen molar-refractivity contribution in [1.29, 1.82) is 0 Å². The average Bonchev–Trinajstić information content (AvgIpc) is 3.26. The van der Waals surface area contributed by atoms with E-state index in [0.717, 1.165) is 21.7 Å². The number of carbonyl (C=O) groups is 2. The van der Waals surface area contributed by atoms with E-state index in [1.54, 1.807) is 60.9 Å². The molecule has 3 aromatic carbocycles. The zero-order valence-electron chi connectivity index (χ0n) is 17.7. The van der Waals surface area contributed by atoms with Crippen LogP contribution in [0.25, 0.3) is 21.7 Å². The summed E-state index contributed by atoms with van der Waals surface area (Å²) in [5, 5.41) is 2.83. The Kier molecular flexibility index (Phi) is 5.57. The Morgan fingerprint density at radius 3 is 2.68 bits per heavy atom. The molecule has 1 amide bonds. The van der Waals surface area contributed by atoms with E-state index < -0.39 is 5.91 Å². The summed E-state index contributed by atoms with van der Waals surface area (Å²) in [5.41, 5.74) is 12.6. The van der Waals surface area contributed by atoms with Gasteiger partial charge < -0.3 is 25.6 Å². The number of hydrogen-bond donors (Lipinski definition) is 4. The molecule has 0 aliphatic carbocycles. The third-order valence-electron chi connectivity index (χ3n) is 5.33. The highest BCUT2D eigenvalue weighted by molar-refractivity contribution is 6.31. The summed E-state index contributed by atoms with van der Waals surface area (Å²) in [6.45, 7) is -0.264. The van der Waals surface area contributed by atoms with Gasteiger partial charge in [-0.25, -0.2) is 0 Å². The zero-order valence-corrected chi connectivity index (χ0v) is 18.5. The van der Waals surface area contributed by atoms with E-state index in [4.69, 9.17) is 26.8 Å². The van der Waals surface area contributed by atoms with Gasteiger partial charge in [0.1, 0.15) is 11.5 Å². The largest absolute Gasteiger partial charge is 0.485 e.